The molecule has 0 fully saturated rings. The Kier molecular flexibility index (Phi) is 4.00. The van der Waals surface area contributed by atoms with Gasteiger partial charge in [-0.25, -0.2) is 0 Å². The summed E-state index contributed by atoms with van der Waals surface area (Å²) in [5, 5.41) is 2.25. The van der Waals surface area contributed by atoms with E-state index in [-0.39, 0.29) is 5.76 Å². The first-order valence-corrected chi connectivity index (χ1v) is 8.58. The summed E-state index contributed by atoms with van der Waals surface area (Å²) in [5.74, 6) is 2.27. The quantitative estimate of drug-likeness (QED) is 0.668. The minimum atomic E-state index is -0.471. The van der Waals surface area contributed by atoms with Gasteiger partial charge < -0.3 is 14.0 Å². The van der Waals surface area contributed by atoms with Crippen molar-refractivity contribution in [3.05, 3.63) is 53.2 Å². The number of nitrogens with zero attached hydrogens (tertiary/aromatic N) is 2. The number of terminal acetylenes is 1. The lowest BCUT2D eigenvalue weighted by molar-refractivity contribution is -0.119. The first-order valence-electron chi connectivity index (χ1n) is 7.76. The van der Waals surface area contributed by atoms with Gasteiger partial charge in [0, 0.05) is 5.39 Å². The van der Waals surface area contributed by atoms with E-state index in [2.05, 4.69) is 23.0 Å². The Labute approximate surface area is 147 Å². The Morgan fingerprint density at radius 2 is 2.16 bits per heavy atom. The number of aromatic nitrogens is 1. The molecule has 2 aromatic carbocycles. The van der Waals surface area contributed by atoms with Gasteiger partial charge in [-0.05, 0) is 11.5 Å². The fraction of sp³-hybridized carbons (Fsp3) is 0.158. The van der Waals surface area contributed by atoms with Crippen molar-refractivity contribution < 1.29 is 14.3 Å². The summed E-state index contributed by atoms with van der Waals surface area (Å²) in [7, 11) is 0. The fourth-order valence-electron chi connectivity index (χ4n) is 2.75. The number of benzene rings is 2. The van der Waals surface area contributed by atoms with Crippen molar-refractivity contribution >= 4 is 38.2 Å². The van der Waals surface area contributed by atoms with Gasteiger partial charge in [0.2, 0.25) is 5.76 Å². The van der Waals surface area contributed by atoms with Crippen molar-refractivity contribution in [1.82, 2.24) is 4.57 Å². The summed E-state index contributed by atoms with van der Waals surface area (Å²) in [6, 6.07) is 12.2. The van der Waals surface area contributed by atoms with E-state index < -0.39 is 5.91 Å². The first kappa shape index (κ1) is 15.5. The highest BCUT2D eigenvalue weighted by molar-refractivity contribution is 7.17. The van der Waals surface area contributed by atoms with Crippen LogP contribution in [0.2, 0.25) is 0 Å². The highest BCUT2D eigenvalue weighted by Gasteiger charge is 2.16. The van der Waals surface area contributed by atoms with Gasteiger partial charge >= 0.3 is 5.91 Å². The maximum atomic E-state index is 12.4. The Morgan fingerprint density at radius 1 is 1.28 bits per heavy atom. The lowest BCUT2D eigenvalue weighted by Gasteiger charge is -2.12. The van der Waals surface area contributed by atoms with Crippen molar-refractivity contribution in [3.63, 3.8) is 0 Å². The summed E-state index contributed by atoms with van der Waals surface area (Å²) in [6.07, 6.45) is 6.83. The van der Waals surface area contributed by atoms with Crippen LogP contribution in [0.5, 0.6) is 0 Å². The third-order valence-corrected chi connectivity index (χ3v) is 5.01. The summed E-state index contributed by atoms with van der Waals surface area (Å²) in [5.41, 5.74) is 0.961. The molecule has 25 heavy (non-hydrogen) atoms. The predicted octanol–water partition coefficient (Wildman–Crippen LogP) is 2.80. The zero-order valence-corrected chi connectivity index (χ0v) is 14.1. The van der Waals surface area contributed by atoms with Gasteiger partial charge in [-0.1, -0.05) is 47.6 Å². The Hall–Kier alpha value is -3.04. The molecule has 1 aliphatic rings. The van der Waals surface area contributed by atoms with Gasteiger partial charge in [-0.15, -0.1) is 6.42 Å². The molecular weight excluding hydrogens is 336 g/mol. The van der Waals surface area contributed by atoms with Crippen LogP contribution in [0.1, 0.15) is 0 Å². The van der Waals surface area contributed by atoms with Gasteiger partial charge in [-0.2, -0.15) is 4.99 Å². The molecule has 1 aromatic heterocycles. The van der Waals surface area contributed by atoms with E-state index in [1.54, 1.807) is 0 Å². The Balaban J connectivity index is 1.93. The fourth-order valence-corrected chi connectivity index (χ4v) is 3.91. The monoisotopic (exact) mass is 350 g/mol. The van der Waals surface area contributed by atoms with Crippen LogP contribution >= 0.6 is 11.3 Å². The number of carbonyl (C=O) groups is 1. The summed E-state index contributed by atoms with van der Waals surface area (Å²) in [6.45, 7) is 1.11. The van der Waals surface area contributed by atoms with E-state index in [9.17, 15) is 4.79 Å². The topological polar surface area (TPSA) is 52.8 Å². The molecule has 0 atom stereocenters. The number of hydrogen-bond donors (Lipinski definition) is 0. The standard InChI is InChI=1S/C19H14N2O3S/c1-2-9-21-15-8-7-13-5-3-4-6-14(13)17(15)25-19(21)20-18(22)16-12-23-10-11-24-16/h1,3-8,12H,9-11H2. The van der Waals surface area contributed by atoms with Gasteiger partial charge in [-0.3, -0.25) is 4.79 Å². The van der Waals surface area contributed by atoms with Crippen molar-refractivity contribution in [2.45, 2.75) is 6.54 Å². The van der Waals surface area contributed by atoms with Gasteiger partial charge in [0.1, 0.15) is 19.5 Å². The molecule has 2 heterocycles. The molecule has 124 valence electrons. The van der Waals surface area contributed by atoms with Crippen LogP contribution in [-0.4, -0.2) is 23.7 Å². The molecule has 0 bridgehead atoms. The summed E-state index contributed by atoms with van der Waals surface area (Å²) in [4.78, 5) is 17.1. The largest absolute Gasteiger partial charge is 0.494 e. The molecule has 0 aliphatic carbocycles. The van der Waals surface area contributed by atoms with Crippen LogP contribution in [-0.2, 0) is 20.8 Å². The number of amides is 1. The molecule has 0 unspecified atom stereocenters. The van der Waals surface area contributed by atoms with E-state index in [0.29, 0.717) is 24.6 Å². The number of rotatable bonds is 2. The van der Waals surface area contributed by atoms with Crippen molar-refractivity contribution in [2.24, 2.45) is 4.99 Å². The third kappa shape index (κ3) is 2.79. The molecule has 6 heteroatoms. The average Bonchev–Trinajstić information content (AvgIpc) is 3.00. The summed E-state index contributed by atoms with van der Waals surface area (Å²) < 4.78 is 13.4. The number of carbonyl (C=O) groups excluding carboxylic acids is 1. The highest BCUT2D eigenvalue weighted by Crippen LogP contribution is 2.27. The highest BCUT2D eigenvalue weighted by atomic mass is 32.1. The molecule has 3 aromatic rings. The van der Waals surface area contributed by atoms with Crippen LogP contribution in [0.3, 0.4) is 0 Å². The van der Waals surface area contributed by atoms with Gasteiger partial charge in [0.05, 0.1) is 16.8 Å². The average molecular weight is 350 g/mol. The van der Waals surface area contributed by atoms with Crippen LogP contribution < -0.4 is 4.80 Å². The second-order valence-electron chi connectivity index (χ2n) is 5.43. The smallest absolute Gasteiger partial charge is 0.317 e. The van der Waals surface area contributed by atoms with Crippen molar-refractivity contribution in [3.8, 4) is 12.3 Å². The molecule has 0 radical (unpaired) electrons. The van der Waals surface area contributed by atoms with E-state index in [1.807, 2.05) is 28.8 Å². The predicted molar refractivity (Wildman–Crippen MR) is 96.7 cm³/mol. The van der Waals surface area contributed by atoms with E-state index in [0.717, 1.165) is 21.0 Å². The van der Waals surface area contributed by atoms with Crippen LogP contribution in [0, 0.1) is 12.3 Å². The second kappa shape index (κ2) is 6.46. The third-order valence-electron chi connectivity index (χ3n) is 3.88. The number of fused-ring (bicyclic) bond motifs is 3. The summed E-state index contributed by atoms with van der Waals surface area (Å²) >= 11 is 1.44. The second-order valence-corrected chi connectivity index (χ2v) is 6.41. The first-order chi connectivity index (χ1) is 12.3. The zero-order chi connectivity index (χ0) is 17.2. The molecule has 0 N–H and O–H groups in total. The lowest BCUT2D eigenvalue weighted by Crippen LogP contribution is -2.19. The molecule has 1 amide bonds. The van der Waals surface area contributed by atoms with Crippen molar-refractivity contribution in [2.75, 3.05) is 13.2 Å². The zero-order valence-electron chi connectivity index (χ0n) is 13.3. The molecule has 5 nitrogen and oxygen atoms in total. The molecule has 0 saturated heterocycles. The lowest BCUT2D eigenvalue weighted by atomic mass is 10.1. The minimum absolute atomic E-state index is 0.112. The Morgan fingerprint density at radius 3 is 2.96 bits per heavy atom. The maximum absolute atomic E-state index is 12.4. The van der Waals surface area contributed by atoms with Crippen LogP contribution in [0.15, 0.2) is 53.4 Å². The number of hydrogen-bond acceptors (Lipinski definition) is 4. The van der Waals surface area contributed by atoms with Crippen LogP contribution in [0.25, 0.3) is 21.0 Å². The SMILES string of the molecule is C#CCn1c(=NC(=O)C2=COCCO2)sc2c3ccccc3ccc21. The Bertz CT molecular complexity index is 1120. The molecule has 0 spiro atoms. The van der Waals surface area contributed by atoms with Gasteiger partial charge in [0.25, 0.3) is 0 Å². The van der Waals surface area contributed by atoms with Crippen LogP contribution in [0.4, 0.5) is 0 Å². The maximum Gasteiger partial charge on any atom is 0.317 e. The van der Waals surface area contributed by atoms with Crippen molar-refractivity contribution in [1.29, 1.82) is 0 Å². The minimum Gasteiger partial charge on any atom is -0.494 e. The normalized spacial score (nSPS) is 14.7. The number of ether oxygens (including phenoxy) is 2. The van der Waals surface area contributed by atoms with E-state index in [4.69, 9.17) is 15.9 Å². The van der Waals surface area contributed by atoms with E-state index >= 15 is 0 Å². The molecule has 0 saturated carbocycles. The molecular formula is C19H14N2O3S. The number of thiazole rings is 1. The molecule has 4 rings (SSSR count). The van der Waals surface area contributed by atoms with E-state index in [1.165, 1.54) is 17.6 Å². The van der Waals surface area contributed by atoms with Gasteiger partial charge in [0.15, 0.2) is 4.80 Å². The molecule has 1 aliphatic heterocycles.